The first-order valence-corrected chi connectivity index (χ1v) is 7.45. The average Bonchev–Trinajstić information content (AvgIpc) is 2.94. The number of rotatable bonds is 4. The molecule has 5 heteroatoms. The number of ether oxygens (including phenoxy) is 1. The Kier molecular flexibility index (Phi) is 4.85. The van der Waals surface area contributed by atoms with E-state index in [4.69, 9.17) is 4.74 Å². The van der Waals surface area contributed by atoms with E-state index in [1.54, 1.807) is 43.0 Å². The molecule has 1 atom stereocenters. The van der Waals surface area contributed by atoms with Gasteiger partial charge < -0.3 is 10.1 Å². The van der Waals surface area contributed by atoms with E-state index in [0.717, 1.165) is 18.6 Å². The summed E-state index contributed by atoms with van der Waals surface area (Å²) in [6.45, 7) is 2.13. The lowest BCUT2D eigenvalue weighted by molar-refractivity contribution is -0.115. The Labute approximate surface area is 116 Å². The van der Waals surface area contributed by atoms with Crippen LogP contribution in [-0.4, -0.2) is 29.5 Å². The number of esters is 1. The van der Waals surface area contributed by atoms with E-state index >= 15 is 0 Å². The molecule has 0 radical (unpaired) electrons. The number of amides is 1. The van der Waals surface area contributed by atoms with Crippen LogP contribution in [0.2, 0.25) is 0 Å². The first-order chi connectivity index (χ1) is 9.20. The zero-order valence-corrected chi connectivity index (χ0v) is 11.7. The average molecular weight is 279 g/mol. The molecule has 0 bridgehead atoms. The van der Waals surface area contributed by atoms with Gasteiger partial charge in [-0.3, -0.25) is 4.79 Å². The number of carbonyl (C=O) groups is 2. The first kappa shape index (κ1) is 13.9. The summed E-state index contributed by atoms with van der Waals surface area (Å²) >= 11 is 1.70. The fourth-order valence-corrected chi connectivity index (χ4v) is 3.07. The molecule has 0 aromatic heterocycles. The van der Waals surface area contributed by atoms with E-state index < -0.39 is 0 Å². The van der Waals surface area contributed by atoms with E-state index in [2.05, 4.69) is 5.32 Å². The van der Waals surface area contributed by atoms with Gasteiger partial charge in [0.2, 0.25) is 5.91 Å². The molecule has 1 N–H and O–H groups in total. The molecule has 1 amide bonds. The monoisotopic (exact) mass is 279 g/mol. The van der Waals surface area contributed by atoms with E-state index in [-0.39, 0.29) is 17.1 Å². The van der Waals surface area contributed by atoms with Crippen LogP contribution in [0.15, 0.2) is 24.3 Å². The molecule has 1 aliphatic rings. The molecule has 0 aliphatic carbocycles. The van der Waals surface area contributed by atoms with Crippen LogP contribution in [0.5, 0.6) is 0 Å². The zero-order valence-electron chi connectivity index (χ0n) is 10.8. The molecule has 1 fully saturated rings. The highest BCUT2D eigenvalue weighted by Gasteiger charge is 2.23. The van der Waals surface area contributed by atoms with Gasteiger partial charge in [-0.2, -0.15) is 0 Å². The van der Waals surface area contributed by atoms with Gasteiger partial charge in [0.05, 0.1) is 17.4 Å². The lowest BCUT2D eigenvalue weighted by atomic mass is 10.2. The zero-order chi connectivity index (χ0) is 13.7. The van der Waals surface area contributed by atoms with Gasteiger partial charge in [0, 0.05) is 5.69 Å². The molecular formula is C14H17NO3S. The molecule has 19 heavy (non-hydrogen) atoms. The third-order valence-electron chi connectivity index (χ3n) is 2.89. The van der Waals surface area contributed by atoms with Crippen LogP contribution < -0.4 is 5.32 Å². The summed E-state index contributed by atoms with van der Waals surface area (Å²) < 4.78 is 4.90. The van der Waals surface area contributed by atoms with Crippen LogP contribution in [0, 0.1) is 0 Å². The second kappa shape index (κ2) is 6.61. The molecule has 1 heterocycles. The van der Waals surface area contributed by atoms with E-state index in [1.165, 1.54) is 0 Å². The largest absolute Gasteiger partial charge is 0.462 e. The summed E-state index contributed by atoms with van der Waals surface area (Å²) in [4.78, 5) is 23.4. The van der Waals surface area contributed by atoms with Gasteiger partial charge >= 0.3 is 5.97 Å². The van der Waals surface area contributed by atoms with Crippen molar-refractivity contribution in [2.45, 2.75) is 25.0 Å². The normalized spacial score (nSPS) is 18.1. The highest BCUT2D eigenvalue weighted by atomic mass is 32.2. The molecular weight excluding hydrogens is 262 g/mol. The van der Waals surface area contributed by atoms with Gasteiger partial charge in [0.1, 0.15) is 0 Å². The summed E-state index contributed by atoms with van der Waals surface area (Å²) in [7, 11) is 0. The first-order valence-electron chi connectivity index (χ1n) is 6.40. The molecule has 1 unspecified atom stereocenters. The number of carbonyl (C=O) groups excluding carboxylic acids is 2. The summed E-state index contributed by atoms with van der Waals surface area (Å²) in [6, 6.07) is 6.78. The minimum absolute atomic E-state index is 0.0476. The SMILES string of the molecule is CCOC(=O)c1ccc(NC(=O)C2CCCS2)cc1. The van der Waals surface area contributed by atoms with Crippen molar-refractivity contribution in [3.8, 4) is 0 Å². The van der Waals surface area contributed by atoms with E-state index in [0.29, 0.717) is 17.9 Å². The lowest BCUT2D eigenvalue weighted by Gasteiger charge is -2.10. The lowest BCUT2D eigenvalue weighted by Crippen LogP contribution is -2.22. The number of benzene rings is 1. The van der Waals surface area contributed by atoms with Gasteiger partial charge in [0.25, 0.3) is 0 Å². The molecule has 102 valence electrons. The highest BCUT2D eigenvalue weighted by Crippen LogP contribution is 2.27. The number of hydrogen-bond donors (Lipinski definition) is 1. The fourth-order valence-electron chi connectivity index (χ4n) is 1.91. The van der Waals surface area contributed by atoms with Crippen molar-refractivity contribution in [2.24, 2.45) is 0 Å². The van der Waals surface area contributed by atoms with Gasteiger partial charge in [-0.25, -0.2) is 4.79 Å². The van der Waals surface area contributed by atoms with Crippen molar-refractivity contribution in [1.29, 1.82) is 0 Å². The Morgan fingerprint density at radius 1 is 1.37 bits per heavy atom. The number of thioether (sulfide) groups is 1. The van der Waals surface area contributed by atoms with Crippen LogP contribution in [0.1, 0.15) is 30.1 Å². The summed E-state index contributed by atoms with van der Waals surface area (Å²) in [5.74, 6) is 0.762. The van der Waals surface area contributed by atoms with Gasteiger partial charge in [-0.15, -0.1) is 11.8 Å². The molecule has 4 nitrogen and oxygen atoms in total. The molecule has 2 rings (SSSR count). The second-order valence-electron chi connectivity index (χ2n) is 4.29. The number of hydrogen-bond acceptors (Lipinski definition) is 4. The maximum absolute atomic E-state index is 11.9. The number of nitrogens with one attached hydrogen (secondary N) is 1. The third kappa shape index (κ3) is 3.73. The van der Waals surface area contributed by atoms with Crippen LogP contribution in [0.25, 0.3) is 0 Å². The second-order valence-corrected chi connectivity index (χ2v) is 5.60. The minimum atomic E-state index is -0.341. The fraction of sp³-hybridized carbons (Fsp3) is 0.429. The van der Waals surface area contributed by atoms with E-state index in [9.17, 15) is 9.59 Å². The predicted octanol–water partition coefficient (Wildman–Crippen LogP) is 2.70. The molecule has 1 aromatic carbocycles. The van der Waals surface area contributed by atoms with Crippen molar-refractivity contribution in [3.63, 3.8) is 0 Å². The van der Waals surface area contributed by atoms with Gasteiger partial charge in [-0.05, 0) is 49.8 Å². The van der Waals surface area contributed by atoms with Crippen LogP contribution in [-0.2, 0) is 9.53 Å². The Hall–Kier alpha value is -1.49. The topological polar surface area (TPSA) is 55.4 Å². The summed E-state index contributed by atoms with van der Waals surface area (Å²) in [5, 5.41) is 2.93. The van der Waals surface area contributed by atoms with Crippen molar-refractivity contribution >= 4 is 29.3 Å². The van der Waals surface area contributed by atoms with Crippen molar-refractivity contribution < 1.29 is 14.3 Å². The van der Waals surface area contributed by atoms with Crippen LogP contribution >= 0.6 is 11.8 Å². The maximum Gasteiger partial charge on any atom is 0.338 e. The Morgan fingerprint density at radius 3 is 2.68 bits per heavy atom. The summed E-state index contributed by atoms with van der Waals surface area (Å²) in [6.07, 6.45) is 2.04. The van der Waals surface area contributed by atoms with E-state index in [1.807, 2.05) is 0 Å². The quantitative estimate of drug-likeness (QED) is 0.861. The van der Waals surface area contributed by atoms with Gasteiger partial charge in [-0.1, -0.05) is 0 Å². The highest BCUT2D eigenvalue weighted by molar-refractivity contribution is 8.00. The molecule has 0 saturated carbocycles. The smallest absolute Gasteiger partial charge is 0.338 e. The minimum Gasteiger partial charge on any atom is -0.462 e. The molecule has 1 saturated heterocycles. The molecule has 0 spiro atoms. The standard InChI is InChI=1S/C14H17NO3S/c1-2-18-14(17)10-5-7-11(8-6-10)15-13(16)12-4-3-9-19-12/h5-8,12H,2-4,9H2,1H3,(H,15,16). The summed E-state index contributed by atoms with van der Waals surface area (Å²) in [5.41, 5.74) is 1.21. The maximum atomic E-state index is 11.9. The molecule has 1 aromatic rings. The van der Waals surface area contributed by atoms with Crippen LogP contribution in [0.3, 0.4) is 0 Å². The van der Waals surface area contributed by atoms with Crippen molar-refractivity contribution in [3.05, 3.63) is 29.8 Å². The van der Waals surface area contributed by atoms with Crippen LogP contribution in [0.4, 0.5) is 5.69 Å². The Bertz CT molecular complexity index is 452. The van der Waals surface area contributed by atoms with Crippen molar-refractivity contribution in [1.82, 2.24) is 0 Å². The Balaban J connectivity index is 1.94. The predicted molar refractivity (Wildman–Crippen MR) is 76.5 cm³/mol. The third-order valence-corrected chi connectivity index (χ3v) is 4.26. The van der Waals surface area contributed by atoms with Crippen molar-refractivity contribution in [2.75, 3.05) is 17.7 Å². The Morgan fingerprint density at radius 2 is 2.11 bits per heavy atom. The molecule has 1 aliphatic heterocycles. The van der Waals surface area contributed by atoms with Gasteiger partial charge in [0.15, 0.2) is 0 Å². The number of anilines is 1.